The number of rotatable bonds is 6. The fraction of sp³-hybridized carbons (Fsp3) is 0.455. The maximum Gasteiger partial charge on any atom is 0.360 e. The second-order valence-corrected chi connectivity index (χ2v) is 15.4. The molecule has 0 radical (unpaired) electrons. The number of ether oxygens (including phenoxy) is 2. The number of allylic oxidation sites excluding steroid dienone is 10. The summed E-state index contributed by atoms with van der Waals surface area (Å²) in [7, 11) is 0. The Morgan fingerprint density at radius 1 is 0.741 bits per heavy atom. The van der Waals surface area contributed by atoms with E-state index in [0.717, 1.165) is 19.3 Å². The lowest BCUT2D eigenvalue weighted by molar-refractivity contribution is -0.0462. The maximum atomic E-state index is 13.3. The molecule has 10 heteroatoms. The molecule has 1 aliphatic heterocycles. The van der Waals surface area contributed by atoms with E-state index in [2.05, 4.69) is 28.2 Å². The van der Waals surface area contributed by atoms with Crippen LogP contribution in [-0.4, -0.2) is 56.5 Å². The minimum absolute atomic E-state index is 0.0554. The van der Waals surface area contributed by atoms with Gasteiger partial charge in [0.15, 0.2) is 11.4 Å². The van der Waals surface area contributed by atoms with E-state index in [1.165, 1.54) is 18.1 Å². The molecule has 0 spiro atoms. The van der Waals surface area contributed by atoms with Crippen LogP contribution < -0.4 is 0 Å². The third-order valence-corrected chi connectivity index (χ3v) is 10.7. The molecular weight excluding hydrogens is 684 g/mol. The van der Waals surface area contributed by atoms with Gasteiger partial charge in [0, 0.05) is 35.8 Å². The predicted octanol–water partition coefficient (Wildman–Crippen LogP) is 8.80. The molecule has 2 aromatic rings. The highest BCUT2D eigenvalue weighted by molar-refractivity contribution is 5.87. The van der Waals surface area contributed by atoms with Crippen molar-refractivity contribution in [3.63, 3.8) is 0 Å². The largest absolute Gasteiger partial charge is 0.457 e. The highest BCUT2D eigenvalue weighted by atomic mass is 16.6. The molecule has 0 saturated heterocycles. The molecule has 2 saturated carbocycles. The summed E-state index contributed by atoms with van der Waals surface area (Å²) in [6, 6.07) is 0. The van der Waals surface area contributed by atoms with Gasteiger partial charge in [-0.15, -0.1) is 0 Å². The number of carbonyl (C=O) groups excluding carboxylic acids is 2. The van der Waals surface area contributed by atoms with Crippen LogP contribution in [0.5, 0.6) is 0 Å². The molecule has 3 heterocycles. The van der Waals surface area contributed by atoms with Gasteiger partial charge in [0.2, 0.25) is 11.8 Å². The number of nitrogens with zero attached hydrogens (tertiary/aromatic N) is 2. The Labute approximate surface area is 318 Å². The number of aromatic nitrogens is 2. The molecule has 2 aromatic heterocycles. The topological polar surface area (TPSA) is 145 Å². The van der Waals surface area contributed by atoms with Crippen molar-refractivity contribution in [3.8, 4) is 0 Å². The lowest BCUT2D eigenvalue weighted by Gasteiger charge is -2.36. The summed E-state index contributed by atoms with van der Waals surface area (Å²) < 4.78 is 23.1. The fourth-order valence-electron chi connectivity index (χ4n) is 6.47. The van der Waals surface area contributed by atoms with Gasteiger partial charge in [0.05, 0.1) is 12.2 Å². The van der Waals surface area contributed by atoms with Crippen molar-refractivity contribution in [2.24, 2.45) is 28.6 Å². The van der Waals surface area contributed by atoms with Gasteiger partial charge in [0.1, 0.15) is 24.7 Å². The van der Waals surface area contributed by atoms with Gasteiger partial charge in [-0.1, -0.05) is 112 Å². The third kappa shape index (κ3) is 10.2. The van der Waals surface area contributed by atoms with Crippen LogP contribution in [0.2, 0.25) is 0 Å². The number of esters is 2. The Morgan fingerprint density at radius 2 is 1.26 bits per heavy atom. The summed E-state index contributed by atoms with van der Waals surface area (Å²) in [4.78, 5) is 35.3. The average molecular weight is 739 g/mol. The molecule has 2 aliphatic carbocycles. The van der Waals surface area contributed by atoms with Crippen LogP contribution in [0, 0.1) is 28.6 Å². The van der Waals surface area contributed by atoms with Gasteiger partial charge in [-0.3, -0.25) is 0 Å². The van der Waals surface area contributed by atoms with Crippen LogP contribution in [-0.2, 0) is 9.47 Å². The number of hydrogen-bond acceptors (Lipinski definition) is 10. The number of carbonyl (C=O) groups is 2. The van der Waals surface area contributed by atoms with E-state index in [-0.39, 0.29) is 29.1 Å². The van der Waals surface area contributed by atoms with Crippen LogP contribution in [0.3, 0.4) is 0 Å². The molecule has 10 nitrogen and oxygen atoms in total. The molecule has 5 rings (SSSR count). The summed E-state index contributed by atoms with van der Waals surface area (Å²) in [5, 5.41) is 21.9. The Kier molecular flexibility index (Phi) is 13.5. The standard InChI is InChI=1S/C44H54N2O8/c1-7-14-35(47)43(3,4)37-20-11-17-29-24-25-30(29)18-13-23-40-46-34(28-52-40)42(50)54-38(44(5,6)36(48)15-8-2)21-12-19-32-26-31(32)16-9-10-22-39-45-33(27-51-39)41(49)53-37/h7-19,22-23,27-29,31-32,35-38,47-48H,20-21,24-26H2,1-6H3/b14-7+,15-8+,16-9+,17-11-,19-12-,22-10-,23-13-,30-18+/t29?,31-,32+,35+,36+,37+,38+/m1/s1. The fourth-order valence-corrected chi connectivity index (χ4v) is 6.47. The third-order valence-electron chi connectivity index (χ3n) is 10.7. The Hall–Kier alpha value is -4.80. The number of fused-ring (bicyclic) bond motifs is 6. The minimum Gasteiger partial charge on any atom is -0.457 e. The SMILES string of the molecule is C/C=C/[C@H](O)C(C)(C)[C@@H]1C/C=C\C2CC/C2=C\C=C/c2nc(co2)C(=O)O[C@H](C(C)(C)[C@@H](O)/C=C/C)C/C=C\[C@H]2C[C@H]2/C=C/C=C\c2nc(co2)C(=O)O1. The van der Waals surface area contributed by atoms with Crippen molar-refractivity contribution in [2.75, 3.05) is 0 Å². The lowest BCUT2D eigenvalue weighted by Crippen LogP contribution is -2.42. The smallest absolute Gasteiger partial charge is 0.360 e. The highest BCUT2D eigenvalue weighted by Gasteiger charge is 2.40. The van der Waals surface area contributed by atoms with Crippen LogP contribution in [0.4, 0.5) is 0 Å². The quantitative estimate of drug-likeness (QED) is 0.218. The van der Waals surface area contributed by atoms with Gasteiger partial charge >= 0.3 is 11.9 Å². The van der Waals surface area contributed by atoms with E-state index in [1.807, 2.05) is 78.0 Å². The van der Waals surface area contributed by atoms with Crippen LogP contribution >= 0.6 is 0 Å². The summed E-state index contributed by atoms with van der Waals surface area (Å²) in [6.45, 7) is 11.2. The normalized spacial score (nSPS) is 29.7. The monoisotopic (exact) mass is 738 g/mol. The Morgan fingerprint density at radius 3 is 1.78 bits per heavy atom. The number of aliphatic hydroxyl groups excluding tert-OH is 2. The van der Waals surface area contributed by atoms with E-state index in [0.29, 0.717) is 24.7 Å². The zero-order valence-corrected chi connectivity index (χ0v) is 32.1. The highest BCUT2D eigenvalue weighted by Crippen LogP contribution is 2.41. The molecule has 4 bridgehead atoms. The molecule has 3 aliphatic rings. The van der Waals surface area contributed by atoms with Gasteiger partial charge in [0.25, 0.3) is 0 Å². The molecule has 2 N–H and O–H groups in total. The van der Waals surface area contributed by atoms with Crippen LogP contribution in [0.15, 0.2) is 106 Å². The molecule has 0 amide bonds. The first-order valence-corrected chi connectivity index (χ1v) is 18.8. The van der Waals surface area contributed by atoms with Gasteiger partial charge in [-0.25, -0.2) is 19.6 Å². The molecule has 1 unspecified atom stereocenters. The molecular formula is C44H54N2O8. The van der Waals surface area contributed by atoms with Crippen molar-refractivity contribution >= 4 is 24.1 Å². The first-order chi connectivity index (χ1) is 25.8. The van der Waals surface area contributed by atoms with Crippen molar-refractivity contribution in [3.05, 3.63) is 120 Å². The van der Waals surface area contributed by atoms with Crippen LogP contribution in [0.25, 0.3) is 12.2 Å². The Balaban J connectivity index is 1.39. The van der Waals surface area contributed by atoms with E-state index >= 15 is 0 Å². The van der Waals surface area contributed by atoms with Gasteiger partial charge in [-0.05, 0) is 50.9 Å². The first-order valence-electron chi connectivity index (χ1n) is 18.8. The second-order valence-electron chi connectivity index (χ2n) is 15.4. The summed E-state index contributed by atoms with van der Waals surface area (Å²) in [5.41, 5.74) is -0.257. The van der Waals surface area contributed by atoms with Crippen molar-refractivity contribution in [2.45, 2.75) is 98.1 Å². The molecule has 2 fully saturated rings. The van der Waals surface area contributed by atoms with E-state index < -0.39 is 47.2 Å². The number of oxazole rings is 2. The number of hydrogen-bond donors (Lipinski definition) is 2. The predicted molar refractivity (Wildman–Crippen MR) is 208 cm³/mol. The average Bonchev–Trinajstić information content (AvgIpc) is 3.45. The van der Waals surface area contributed by atoms with Crippen molar-refractivity contribution in [1.29, 1.82) is 0 Å². The van der Waals surface area contributed by atoms with E-state index in [4.69, 9.17) is 18.3 Å². The van der Waals surface area contributed by atoms with Crippen LogP contribution in [0.1, 0.15) is 106 Å². The zero-order chi connectivity index (χ0) is 38.9. The lowest BCUT2D eigenvalue weighted by atomic mass is 9.77. The summed E-state index contributed by atoms with van der Waals surface area (Å²) >= 11 is 0. The zero-order valence-electron chi connectivity index (χ0n) is 32.1. The van der Waals surface area contributed by atoms with Crippen molar-refractivity contribution < 1.29 is 38.1 Å². The van der Waals surface area contributed by atoms with Gasteiger partial charge < -0.3 is 28.5 Å². The molecule has 54 heavy (non-hydrogen) atoms. The Bertz CT molecular complexity index is 1850. The van der Waals surface area contributed by atoms with E-state index in [1.54, 1.807) is 36.5 Å². The maximum absolute atomic E-state index is 13.3. The summed E-state index contributed by atoms with van der Waals surface area (Å²) in [5.74, 6) is 0.192. The second kappa shape index (κ2) is 18.0. The summed E-state index contributed by atoms with van der Waals surface area (Å²) in [6.07, 6.45) is 31.6. The molecule has 0 aromatic carbocycles. The number of aliphatic hydroxyl groups is 2. The minimum atomic E-state index is -0.845. The molecule has 7 atom stereocenters. The van der Waals surface area contributed by atoms with Crippen molar-refractivity contribution in [1.82, 2.24) is 9.97 Å². The van der Waals surface area contributed by atoms with E-state index in [9.17, 15) is 19.8 Å². The first kappa shape index (κ1) is 40.4. The van der Waals surface area contributed by atoms with Gasteiger partial charge in [-0.2, -0.15) is 0 Å². The number of cyclic esters (lactones) is 2. The molecule has 288 valence electrons.